The van der Waals surface area contributed by atoms with E-state index in [0.717, 1.165) is 0 Å². The number of carbonyl (C=O) groups excluding carboxylic acids is 2. The number of ether oxygens (including phenoxy) is 2. The molecule has 10 heteroatoms. The van der Waals surface area contributed by atoms with E-state index in [1.165, 1.54) is 7.11 Å². The molecule has 1 unspecified atom stereocenters. The van der Waals surface area contributed by atoms with E-state index < -0.39 is 53.2 Å². The fourth-order valence-electron chi connectivity index (χ4n) is 2.19. The number of alkyl carbamates (subject to hydrolysis) is 1. The molecule has 0 saturated heterocycles. The van der Waals surface area contributed by atoms with Crippen molar-refractivity contribution >= 4 is 12.0 Å². The maximum atomic E-state index is 13.6. The average molecular weight is 394 g/mol. The Morgan fingerprint density at radius 1 is 1.15 bits per heavy atom. The summed E-state index contributed by atoms with van der Waals surface area (Å²) in [6.07, 6.45) is -5.73. The van der Waals surface area contributed by atoms with E-state index in [2.05, 4.69) is 15.4 Å². The van der Waals surface area contributed by atoms with Gasteiger partial charge < -0.3 is 20.1 Å². The minimum Gasteiger partial charge on any atom is -0.444 e. The van der Waals surface area contributed by atoms with E-state index >= 15 is 0 Å². The van der Waals surface area contributed by atoms with Gasteiger partial charge in [0.25, 0.3) is 0 Å². The van der Waals surface area contributed by atoms with Crippen molar-refractivity contribution in [1.82, 2.24) is 10.6 Å². The fourth-order valence-corrected chi connectivity index (χ4v) is 2.19. The number of hydrogen-bond donors (Lipinski definition) is 2. The third-order valence-electron chi connectivity index (χ3n) is 3.25. The van der Waals surface area contributed by atoms with Gasteiger partial charge in [0.2, 0.25) is 5.91 Å². The lowest BCUT2D eigenvalue weighted by molar-refractivity contribution is -0.138. The third kappa shape index (κ3) is 7.41. The molecule has 0 aliphatic rings. The Kier molecular flexibility index (Phi) is 7.58. The van der Waals surface area contributed by atoms with E-state index in [9.17, 15) is 27.2 Å². The summed E-state index contributed by atoms with van der Waals surface area (Å²) in [5.74, 6) is -3.33. The molecule has 0 bridgehead atoms. The number of halogens is 4. The van der Waals surface area contributed by atoms with Gasteiger partial charge in [0, 0.05) is 13.7 Å². The van der Waals surface area contributed by atoms with Crippen LogP contribution in [0.15, 0.2) is 18.2 Å². The number of rotatable bonds is 6. The number of benzene rings is 1. The summed E-state index contributed by atoms with van der Waals surface area (Å²) in [5, 5.41) is 4.50. The van der Waals surface area contributed by atoms with Crippen LogP contribution in [-0.2, 0) is 20.4 Å². The number of carbonyl (C=O) groups is 2. The third-order valence-corrected chi connectivity index (χ3v) is 3.25. The first-order valence-corrected chi connectivity index (χ1v) is 7.95. The largest absolute Gasteiger partial charge is 0.444 e. The molecule has 0 heterocycles. The lowest BCUT2D eigenvalue weighted by atomic mass is 9.92. The second kappa shape index (κ2) is 9.03. The molecule has 0 saturated carbocycles. The van der Waals surface area contributed by atoms with Crippen molar-refractivity contribution < 1.29 is 36.6 Å². The van der Waals surface area contributed by atoms with Gasteiger partial charge in [-0.25, -0.2) is 9.18 Å². The molecule has 1 rings (SSSR count). The van der Waals surface area contributed by atoms with Crippen LogP contribution in [0.25, 0.3) is 0 Å². The lowest BCUT2D eigenvalue weighted by Crippen LogP contribution is -2.40. The zero-order valence-corrected chi connectivity index (χ0v) is 15.4. The van der Waals surface area contributed by atoms with Crippen LogP contribution in [0, 0.1) is 5.82 Å². The van der Waals surface area contributed by atoms with Crippen molar-refractivity contribution in [2.75, 3.05) is 20.4 Å². The molecule has 27 heavy (non-hydrogen) atoms. The molecular formula is C17H22F4N2O4. The summed E-state index contributed by atoms with van der Waals surface area (Å²) < 4.78 is 63.1. The maximum Gasteiger partial charge on any atom is 0.416 e. The van der Waals surface area contributed by atoms with Crippen LogP contribution in [-0.4, -0.2) is 38.0 Å². The van der Waals surface area contributed by atoms with Gasteiger partial charge >= 0.3 is 12.3 Å². The van der Waals surface area contributed by atoms with Crippen molar-refractivity contribution in [2.45, 2.75) is 38.5 Å². The predicted molar refractivity (Wildman–Crippen MR) is 88.4 cm³/mol. The lowest BCUT2D eigenvalue weighted by Gasteiger charge is -2.23. The van der Waals surface area contributed by atoms with Gasteiger partial charge in [-0.1, -0.05) is 0 Å². The maximum absolute atomic E-state index is 13.6. The average Bonchev–Trinajstić information content (AvgIpc) is 2.50. The van der Waals surface area contributed by atoms with Crippen LogP contribution < -0.4 is 10.6 Å². The molecule has 1 atom stereocenters. The first-order valence-electron chi connectivity index (χ1n) is 7.95. The minimum absolute atomic E-state index is 0.265. The van der Waals surface area contributed by atoms with E-state index in [0.29, 0.717) is 18.2 Å². The van der Waals surface area contributed by atoms with Gasteiger partial charge in [-0.2, -0.15) is 13.2 Å². The summed E-state index contributed by atoms with van der Waals surface area (Å²) in [6, 6.07) is 1.82. The molecule has 2 N–H and O–H groups in total. The molecule has 0 aromatic heterocycles. The van der Waals surface area contributed by atoms with Crippen LogP contribution in [0.2, 0.25) is 0 Å². The Hall–Kier alpha value is -2.36. The highest BCUT2D eigenvalue weighted by Crippen LogP contribution is 2.35. The highest BCUT2D eigenvalue weighted by molar-refractivity contribution is 5.85. The normalized spacial score (nSPS) is 13.0. The molecular weight excluding hydrogens is 372 g/mol. The van der Waals surface area contributed by atoms with Gasteiger partial charge in [0.1, 0.15) is 18.1 Å². The van der Waals surface area contributed by atoms with Gasteiger partial charge in [-0.3, -0.25) is 4.79 Å². The van der Waals surface area contributed by atoms with E-state index in [1.54, 1.807) is 20.8 Å². The summed E-state index contributed by atoms with van der Waals surface area (Å²) in [7, 11) is 1.28. The summed E-state index contributed by atoms with van der Waals surface area (Å²) in [6.45, 7) is 4.01. The van der Waals surface area contributed by atoms with Crippen LogP contribution in [0.1, 0.15) is 37.8 Å². The fraction of sp³-hybridized carbons (Fsp3) is 0.529. The summed E-state index contributed by atoms with van der Waals surface area (Å²) in [5.41, 5.74) is -2.62. The Labute approximate surface area is 154 Å². The molecule has 0 aliphatic carbocycles. The summed E-state index contributed by atoms with van der Waals surface area (Å²) in [4.78, 5) is 24.1. The van der Waals surface area contributed by atoms with E-state index in [1.807, 2.05) is 0 Å². The molecule has 152 valence electrons. The molecule has 6 nitrogen and oxygen atoms in total. The smallest absolute Gasteiger partial charge is 0.416 e. The second-order valence-corrected chi connectivity index (χ2v) is 6.64. The quantitative estimate of drug-likeness (QED) is 0.574. The standard InChI is InChI=1S/C17H22F4N2O4/c1-16(2,3)27-15(25)22-8-12(14(24)23-9-26-4)11-7-10(18)5-6-13(11)17(19,20)21/h5-7,12H,8-9H2,1-4H3,(H,22,25)(H,23,24). The van der Waals surface area contributed by atoms with Crippen molar-refractivity contribution in [3.05, 3.63) is 35.1 Å². The molecule has 1 aromatic rings. The number of amides is 2. The molecule has 0 aliphatic heterocycles. The van der Waals surface area contributed by atoms with Gasteiger partial charge in [-0.15, -0.1) is 0 Å². The topological polar surface area (TPSA) is 76.7 Å². The SMILES string of the molecule is COCNC(=O)C(CNC(=O)OC(C)(C)C)c1cc(F)ccc1C(F)(F)F. The predicted octanol–water partition coefficient (Wildman–Crippen LogP) is 3.17. The monoisotopic (exact) mass is 394 g/mol. The zero-order valence-electron chi connectivity index (χ0n) is 15.4. The Balaban J connectivity index is 3.18. The molecule has 1 aromatic carbocycles. The van der Waals surface area contributed by atoms with Crippen LogP contribution >= 0.6 is 0 Å². The second-order valence-electron chi connectivity index (χ2n) is 6.64. The Morgan fingerprint density at radius 3 is 2.30 bits per heavy atom. The van der Waals surface area contributed by atoms with Gasteiger partial charge in [-0.05, 0) is 44.5 Å². The summed E-state index contributed by atoms with van der Waals surface area (Å²) >= 11 is 0. The van der Waals surface area contributed by atoms with Crippen LogP contribution in [0.4, 0.5) is 22.4 Å². The molecule has 0 radical (unpaired) electrons. The Morgan fingerprint density at radius 2 is 1.78 bits per heavy atom. The van der Waals surface area contributed by atoms with Gasteiger partial charge in [0.05, 0.1) is 11.5 Å². The number of alkyl halides is 3. The van der Waals surface area contributed by atoms with Gasteiger partial charge in [0.15, 0.2) is 0 Å². The molecule has 2 amide bonds. The van der Waals surface area contributed by atoms with Crippen LogP contribution in [0.3, 0.4) is 0 Å². The van der Waals surface area contributed by atoms with Crippen LogP contribution in [0.5, 0.6) is 0 Å². The van der Waals surface area contributed by atoms with E-state index in [-0.39, 0.29) is 6.73 Å². The van der Waals surface area contributed by atoms with Crippen molar-refractivity contribution in [2.24, 2.45) is 0 Å². The number of hydrogen-bond acceptors (Lipinski definition) is 4. The van der Waals surface area contributed by atoms with Crippen molar-refractivity contribution in [3.63, 3.8) is 0 Å². The first-order chi connectivity index (χ1) is 12.3. The first kappa shape index (κ1) is 22.7. The van der Waals surface area contributed by atoms with Crippen molar-refractivity contribution in [3.8, 4) is 0 Å². The zero-order chi connectivity index (χ0) is 20.8. The van der Waals surface area contributed by atoms with E-state index in [4.69, 9.17) is 4.74 Å². The molecule has 0 fully saturated rings. The number of nitrogens with one attached hydrogen (secondary N) is 2. The molecule has 0 spiro atoms. The highest BCUT2D eigenvalue weighted by atomic mass is 19.4. The highest BCUT2D eigenvalue weighted by Gasteiger charge is 2.37. The van der Waals surface area contributed by atoms with Crippen molar-refractivity contribution in [1.29, 1.82) is 0 Å². The number of methoxy groups -OCH3 is 1. The minimum atomic E-state index is -4.81. The Bertz CT molecular complexity index is 672.